The zero-order valence-corrected chi connectivity index (χ0v) is 10.0. The van der Waals surface area contributed by atoms with Crippen molar-refractivity contribution in [2.24, 2.45) is 23.6 Å². The number of hydrogen-bond acceptors (Lipinski definition) is 2. The SMILES string of the molecule is CC1CCC(C2CCC(NN)CC2)CC1. The summed E-state index contributed by atoms with van der Waals surface area (Å²) in [5.74, 6) is 8.54. The second-order valence-corrected chi connectivity index (χ2v) is 5.80. The molecule has 0 atom stereocenters. The zero-order valence-electron chi connectivity index (χ0n) is 10.0. The van der Waals surface area contributed by atoms with Gasteiger partial charge in [0.05, 0.1) is 0 Å². The van der Waals surface area contributed by atoms with Gasteiger partial charge in [-0.15, -0.1) is 0 Å². The van der Waals surface area contributed by atoms with Crippen LogP contribution in [-0.4, -0.2) is 6.04 Å². The first kappa shape index (κ1) is 11.4. The lowest BCUT2D eigenvalue weighted by Crippen LogP contribution is -2.39. The van der Waals surface area contributed by atoms with Crippen molar-refractivity contribution in [1.82, 2.24) is 5.43 Å². The molecule has 0 bridgehead atoms. The Balaban J connectivity index is 1.75. The van der Waals surface area contributed by atoms with Crippen LogP contribution in [0.1, 0.15) is 58.3 Å². The second kappa shape index (κ2) is 5.31. The van der Waals surface area contributed by atoms with Gasteiger partial charge in [0.25, 0.3) is 0 Å². The average molecular weight is 210 g/mol. The summed E-state index contributed by atoms with van der Waals surface area (Å²) in [6, 6.07) is 0.601. The van der Waals surface area contributed by atoms with Crippen LogP contribution in [0.4, 0.5) is 0 Å². The van der Waals surface area contributed by atoms with Gasteiger partial charge in [0.1, 0.15) is 0 Å². The van der Waals surface area contributed by atoms with Crippen LogP contribution in [0.15, 0.2) is 0 Å². The Morgan fingerprint density at radius 3 is 1.73 bits per heavy atom. The Kier molecular flexibility index (Phi) is 4.04. The molecule has 0 aromatic rings. The van der Waals surface area contributed by atoms with Gasteiger partial charge in [-0.1, -0.05) is 19.8 Å². The summed E-state index contributed by atoms with van der Waals surface area (Å²) in [4.78, 5) is 0. The summed E-state index contributed by atoms with van der Waals surface area (Å²) in [6.45, 7) is 2.41. The Hall–Kier alpha value is -0.0800. The third-order valence-electron chi connectivity index (χ3n) is 4.73. The van der Waals surface area contributed by atoms with E-state index in [-0.39, 0.29) is 0 Å². The van der Waals surface area contributed by atoms with Gasteiger partial charge in [0.2, 0.25) is 0 Å². The number of rotatable bonds is 2. The Labute approximate surface area is 94.0 Å². The van der Waals surface area contributed by atoms with E-state index >= 15 is 0 Å². The lowest BCUT2D eigenvalue weighted by atomic mass is 9.70. The quantitative estimate of drug-likeness (QED) is 0.543. The van der Waals surface area contributed by atoms with E-state index in [2.05, 4.69) is 12.3 Å². The van der Waals surface area contributed by atoms with Crippen LogP contribution in [0.2, 0.25) is 0 Å². The fourth-order valence-electron chi connectivity index (χ4n) is 3.51. The van der Waals surface area contributed by atoms with Gasteiger partial charge in [0.15, 0.2) is 0 Å². The molecule has 0 amide bonds. The number of nitrogens with one attached hydrogen (secondary N) is 1. The minimum Gasteiger partial charge on any atom is -0.271 e. The molecule has 0 heterocycles. The molecule has 15 heavy (non-hydrogen) atoms. The van der Waals surface area contributed by atoms with Crippen molar-refractivity contribution >= 4 is 0 Å². The van der Waals surface area contributed by atoms with E-state index in [9.17, 15) is 0 Å². The van der Waals surface area contributed by atoms with Crippen molar-refractivity contribution in [3.05, 3.63) is 0 Å². The normalized spacial score (nSPS) is 42.8. The van der Waals surface area contributed by atoms with E-state index in [0.29, 0.717) is 6.04 Å². The van der Waals surface area contributed by atoms with Gasteiger partial charge in [0, 0.05) is 6.04 Å². The zero-order chi connectivity index (χ0) is 10.7. The molecular formula is C13H26N2. The van der Waals surface area contributed by atoms with Gasteiger partial charge in [-0.3, -0.25) is 11.3 Å². The van der Waals surface area contributed by atoms with Crippen LogP contribution < -0.4 is 11.3 Å². The van der Waals surface area contributed by atoms with Crippen LogP contribution in [0.5, 0.6) is 0 Å². The summed E-state index contributed by atoms with van der Waals surface area (Å²) in [5, 5.41) is 0. The highest BCUT2D eigenvalue weighted by Gasteiger charge is 2.29. The van der Waals surface area contributed by atoms with Crippen LogP contribution in [0, 0.1) is 17.8 Å². The van der Waals surface area contributed by atoms with Gasteiger partial charge >= 0.3 is 0 Å². The lowest BCUT2D eigenvalue weighted by molar-refractivity contribution is 0.158. The molecule has 2 heteroatoms. The van der Waals surface area contributed by atoms with Crippen molar-refractivity contribution in [1.29, 1.82) is 0 Å². The van der Waals surface area contributed by atoms with E-state index in [1.165, 1.54) is 51.4 Å². The predicted molar refractivity (Wildman–Crippen MR) is 64.2 cm³/mol. The molecule has 2 aliphatic carbocycles. The fraction of sp³-hybridized carbons (Fsp3) is 1.00. The van der Waals surface area contributed by atoms with E-state index < -0.39 is 0 Å². The monoisotopic (exact) mass is 210 g/mol. The molecule has 2 rings (SSSR count). The summed E-state index contributed by atoms with van der Waals surface area (Å²) in [5.41, 5.74) is 2.93. The Bertz CT molecular complexity index is 177. The van der Waals surface area contributed by atoms with Crippen LogP contribution in [-0.2, 0) is 0 Å². The summed E-state index contributed by atoms with van der Waals surface area (Å²) < 4.78 is 0. The molecule has 2 saturated carbocycles. The third-order valence-corrected chi connectivity index (χ3v) is 4.73. The van der Waals surface area contributed by atoms with Crippen molar-refractivity contribution in [2.45, 2.75) is 64.3 Å². The van der Waals surface area contributed by atoms with E-state index in [1.54, 1.807) is 0 Å². The average Bonchev–Trinajstić information content (AvgIpc) is 2.30. The topological polar surface area (TPSA) is 38.0 Å². The van der Waals surface area contributed by atoms with Gasteiger partial charge in [-0.2, -0.15) is 0 Å². The van der Waals surface area contributed by atoms with Gasteiger partial charge in [-0.25, -0.2) is 0 Å². The molecule has 2 aliphatic rings. The maximum absolute atomic E-state index is 5.50. The standard InChI is InChI=1S/C13H26N2/c1-10-2-4-11(5-3-10)12-6-8-13(15-14)9-7-12/h10-13,15H,2-9,14H2,1H3. The second-order valence-electron chi connectivity index (χ2n) is 5.80. The molecule has 0 aliphatic heterocycles. The van der Waals surface area contributed by atoms with Crippen molar-refractivity contribution in [3.63, 3.8) is 0 Å². The van der Waals surface area contributed by atoms with Crippen molar-refractivity contribution in [3.8, 4) is 0 Å². The Morgan fingerprint density at radius 1 is 0.800 bits per heavy atom. The molecule has 2 fully saturated rings. The molecule has 0 aromatic heterocycles. The van der Waals surface area contributed by atoms with Crippen LogP contribution >= 0.6 is 0 Å². The first-order valence-corrected chi connectivity index (χ1v) is 6.75. The van der Waals surface area contributed by atoms with Crippen molar-refractivity contribution < 1.29 is 0 Å². The van der Waals surface area contributed by atoms with E-state index in [4.69, 9.17) is 5.84 Å². The summed E-state index contributed by atoms with van der Waals surface area (Å²) in [7, 11) is 0. The third kappa shape index (κ3) is 2.94. The molecule has 0 spiro atoms. The Morgan fingerprint density at radius 2 is 1.27 bits per heavy atom. The molecule has 0 unspecified atom stereocenters. The van der Waals surface area contributed by atoms with Crippen LogP contribution in [0.25, 0.3) is 0 Å². The summed E-state index contributed by atoms with van der Waals surface area (Å²) in [6.07, 6.45) is 11.3. The molecular weight excluding hydrogens is 184 g/mol. The highest BCUT2D eigenvalue weighted by atomic mass is 15.2. The summed E-state index contributed by atoms with van der Waals surface area (Å²) >= 11 is 0. The minimum atomic E-state index is 0.601. The molecule has 0 radical (unpaired) electrons. The highest BCUT2D eigenvalue weighted by molar-refractivity contribution is 4.82. The largest absolute Gasteiger partial charge is 0.271 e. The number of hydrazine groups is 1. The van der Waals surface area contributed by atoms with E-state index in [0.717, 1.165) is 17.8 Å². The van der Waals surface area contributed by atoms with E-state index in [1.807, 2.05) is 0 Å². The molecule has 88 valence electrons. The van der Waals surface area contributed by atoms with Gasteiger partial charge < -0.3 is 0 Å². The lowest BCUT2D eigenvalue weighted by Gasteiger charge is -2.37. The number of hydrogen-bond donors (Lipinski definition) is 2. The smallest absolute Gasteiger partial charge is 0.0210 e. The minimum absolute atomic E-state index is 0.601. The predicted octanol–water partition coefficient (Wildman–Crippen LogP) is 2.83. The fourth-order valence-corrected chi connectivity index (χ4v) is 3.51. The van der Waals surface area contributed by atoms with Gasteiger partial charge in [-0.05, 0) is 56.3 Å². The highest BCUT2D eigenvalue weighted by Crippen LogP contribution is 2.39. The number of nitrogens with two attached hydrogens (primary N) is 1. The molecule has 0 aromatic carbocycles. The first-order valence-electron chi connectivity index (χ1n) is 6.75. The molecule has 3 N–H and O–H groups in total. The molecule has 0 saturated heterocycles. The molecule has 2 nitrogen and oxygen atoms in total. The van der Waals surface area contributed by atoms with Crippen LogP contribution in [0.3, 0.4) is 0 Å². The van der Waals surface area contributed by atoms with Crippen molar-refractivity contribution in [2.75, 3.05) is 0 Å². The maximum Gasteiger partial charge on any atom is 0.0210 e. The maximum atomic E-state index is 5.50. The first-order chi connectivity index (χ1) is 7.29.